The average Bonchev–Trinajstić information content (AvgIpc) is 2.83. The monoisotopic (exact) mass is 484 g/mol. The molecule has 1 aromatic rings. The van der Waals surface area contributed by atoms with Crippen LogP contribution >= 0.6 is 38.5 Å². The van der Waals surface area contributed by atoms with Gasteiger partial charge in [0.25, 0.3) is 5.56 Å². The molecule has 0 bridgehead atoms. The lowest BCUT2D eigenvalue weighted by molar-refractivity contribution is -0.148. The molecule has 1 aliphatic heterocycles. The SMILES string of the molecule is CC(=O)OC1C[C@@H](n2cc(/C=C/Br)c(=O)[nH]c2=O)O[C@H]1CI. The highest BCUT2D eigenvalue weighted by Gasteiger charge is 2.38. The zero-order valence-corrected chi connectivity index (χ0v) is 15.4. The number of nitrogens with zero attached hydrogens (tertiary/aromatic N) is 1. The third kappa shape index (κ3) is 3.87. The van der Waals surface area contributed by atoms with Gasteiger partial charge in [-0.15, -0.1) is 0 Å². The maximum Gasteiger partial charge on any atom is 0.330 e. The highest BCUT2D eigenvalue weighted by Crippen LogP contribution is 2.31. The highest BCUT2D eigenvalue weighted by molar-refractivity contribution is 14.1. The molecular weight excluding hydrogens is 471 g/mol. The summed E-state index contributed by atoms with van der Waals surface area (Å²) >= 11 is 5.23. The Morgan fingerprint density at radius 1 is 1.64 bits per heavy atom. The standard InChI is InChI=1S/C13H14BrIN2O5/c1-7(18)21-9-4-11(22-10(9)5-15)17-6-8(2-3-14)12(19)16-13(17)20/h2-3,6,9-11H,4-5H2,1H3,(H,16,19,20)/b3-2+/t9?,10-,11-/m0/s1. The second-order valence-electron chi connectivity index (χ2n) is 4.71. The van der Waals surface area contributed by atoms with Crippen LogP contribution in [0, 0.1) is 0 Å². The second kappa shape index (κ2) is 7.55. The van der Waals surface area contributed by atoms with E-state index in [9.17, 15) is 14.4 Å². The van der Waals surface area contributed by atoms with Gasteiger partial charge in [0.15, 0.2) is 0 Å². The molecule has 1 unspecified atom stereocenters. The molecule has 9 heteroatoms. The number of ether oxygens (including phenoxy) is 2. The van der Waals surface area contributed by atoms with Crippen molar-refractivity contribution in [2.45, 2.75) is 31.8 Å². The van der Waals surface area contributed by atoms with Crippen molar-refractivity contribution < 1.29 is 14.3 Å². The summed E-state index contributed by atoms with van der Waals surface area (Å²) in [5.41, 5.74) is -0.712. The Morgan fingerprint density at radius 3 is 2.95 bits per heavy atom. The van der Waals surface area contributed by atoms with Crippen molar-refractivity contribution in [3.05, 3.63) is 37.6 Å². The van der Waals surface area contributed by atoms with Gasteiger partial charge in [-0.05, 0) is 11.1 Å². The first kappa shape index (κ1) is 17.4. The number of halogens is 2. The summed E-state index contributed by atoms with van der Waals surface area (Å²) in [6, 6.07) is 0. The van der Waals surface area contributed by atoms with Crippen LogP contribution in [0.4, 0.5) is 0 Å². The molecular formula is C13H14BrIN2O5. The van der Waals surface area contributed by atoms with Gasteiger partial charge in [-0.2, -0.15) is 0 Å². The van der Waals surface area contributed by atoms with Gasteiger partial charge in [-0.3, -0.25) is 19.1 Å². The maximum absolute atomic E-state index is 12.0. The number of rotatable bonds is 4. The molecule has 22 heavy (non-hydrogen) atoms. The molecule has 1 saturated heterocycles. The van der Waals surface area contributed by atoms with Crippen molar-refractivity contribution in [2.24, 2.45) is 0 Å². The highest BCUT2D eigenvalue weighted by atomic mass is 127. The number of hydrogen-bond acceptors (Lipinski definition) is 5. The zero-order valence-electron chi connectivity index (χ0n) is 11.6. The van der Waals surface area contributed by atoms with Crippen molar-refractivity contribution in [3.63, 3.8) is 0 Å². The smallest absolute Gasteiger partial charge is 0.330 e. The van der Waals surface area contributed by atoms with Gasteiger partial charge in [0.1, 0.15) is 18.4 Å². The summed E-state index contributed by atoms with van der Waals surface area (Å²) in [4.78, 5) is 38.6. The minimum atomic E-state index is -0.587. The average molecular weight is 485 g/mol. The van der Waals surface area contributed by atoms with Gasteiger partial charge >= 0.3 is 11.7 Å². The van der Waals surface area contributed by atoms with E-state index in [1.807, 2.05) is 0 Å². The Morgan fingerprint density at radius 2 is 2.36 bits per heavy atom. The van der Waals surface area contributed by atoms with Crippen molar-refractivity contribution in [1.29, 1.82) is 0 Å². The molecule has 0 radical (unpaired) electrons. The van der Waals surface area contributed by atoms with E-state index in [1.165, 1.54) is 28.7 Å². The number of aromatic nitrogens is 2. The number of esters is 1. The largest absolute Gasteiger partial charge is 0.460 e. The molecule has 1 aliphatic rings. The van der Waals surface area contributed by atoms with Gasteiger partial charge in [0.2, 0.25) is 0 Å². The van der Waals surface area contributed by atoms with Crippen LogP contribution in [0.2, 0.25) is 0 Å². The zero-order chi connectivity index (χ0) is 16.3. The van der Waals surface area contributed by atoms with Crippen LogP contribution in [0.3, 0.4) is 0 Å². The Hall–Kier alpha value is -0.940. The van der Waals surface area contributed by atoms with E-state index < -0.39 is 23.6 Å². The number of nitrogens with one attached hydrogen (secondary N) is 1. The first-order chi connectivity index (χ1) is 10.5. The molecule has 1 aromatic heterocycles. The molecule has 1 N–H and O–H groups in total. The normalized spacial score (nSPS) is 24.8. The van der Waals surface area contributed by atoms with Gasteiger partial charge in [0, 0.05) is 24.0 Å². The third-order valence-corrected chi connectivity index (χ3v) is 4.33. The lowest BCUT2D eigenvalue weighted by Gasteiger charge is -2.15. The number of carbonyl (C=O) groups is 1. The lowest BCUT2D eigenvalue weighted by Crippen LogP contribution is -2.33. The molecule has 0 aliphatic carbocycles. The predicted octanol–water partition coefficient (Wildman–Crippen LogP) is 1.56. The molecule has 2 heterocycles. The third-order valence-electron chi connectivity index (χ3n) is 3.20. The number of hydrogen-bond donors (Lipinski definition) is 1. The number of alkyl halides is 1. The summed E-state index contributed by atoms with van der Waals surface area (Å²) < 4.78 is 13.0. The van der Waals surface area contributed by atoms with E-state index in [-0.39, 0.29) is 12.1 Å². The van der Waals surface area contributed by atoms with Crippen LogP contribution in [0.1, 0.15) is 25.1 Å². The fourth-order valence-corrected chi connectivity index (χ4v) is 3.31. The second-order valence-corrected chi connectivity index (χ2v) is 6.12. The van der Waals surface area contributed by atoms with Crippen LogP contribution < -0.4 is 11.2 Å². The van der Waals surface area contributed by atoms with Crippen molar-refractivity contribution in [1.82, 2.24) is 9.55 Å². The van der Waals surface area contributed by atoms with Crippen LogP contribution in [-0.2, 0) is 14.3 Å². The topological polar surface area (TPSA) is 90.4 Å². The molecule has 0 amide bonds. The number of aromatic amines is 1. The van der Waals surface area contributed by atoms with E-state index in [4.69, 9.17) is 9.47 Å². The molecule has 2 rings (SSSR count). The first-order valence-electron chi connectivity index (χ1n) is 6.47. The summed E-state index contributed by atoms with van der Waals surface area (Å²) in [7, 11) is 0. The van der Waals surface area contributed by atoms with E-state index >= 15 is 0 Å². The van der Waals surface area contributed by atoms with Gasteiger partial charge < -0.3 is 9.47 Å². The minimum Gasteiger partial charge on any atom is -0.460 e. The van der Waals surface area contributed by atoms with Crippen LogP contribution in [-0.4, -0.2) is 32.2 Å². The molecule has 120 valence electrons. The fourth-order valence-electron chi connectivity index (χ4n) is 2.25. The van der Waals surface area contributed by atoms with Crippen LogP contribution in [0.15, 0.2) is 20.8 Å². The predicted molar refractivity (Wildman–Crippen MR) is 92.3 cm³/mol. The quantitative estimate of drug-likeness (QED) is 0.398. The number of carbonyl (C=O) groups excluding carboxylic acids is 1. The minimum absolute atomic E-state index is 0.288. The molecule has 3 atom stereocenters. The summed E-state index contributed by atoms with van der Waals surface area (Å²) in [5.74, 6) is -0.388. The summed E-state index contributed by atoms with van der Waals surface area (Å²) in [6.45, 7) is 1.34. The molecule has 1 fully saturated rings. The van der Waals surface area contributed by atoms with Gasteiger partial charge in [-0.1, -0.05) is 38.5 Å². The molecule has 0 spiro atoms. The summed E-state index contributed by atoms with van der Waals surface area (Å²) in [6.07, 6.45) is 2.04. The first-order valence-corrected chi connectivity index (χ1v) is 8.91. The van der Waals surface area contributed by atoms with Gasteiger partial charge in [-0.25, -0.2) is 4.79 Å². The Labute approximate surface area is 148 Å². The van der Waals surface area contributed by atoms with Crippen LogP contribution in [0.5, 0.6) is 0 Å². The van der Waals surface area contributed by atoms with E-state index in [1.54, 1.807) is 0 Å². The Kier molecular flexibility index (Phi) is 5.98. The fraction of sp³-hybridized carbons (Fsp3) is 0.462. The molecule has 7 nitrogen and oxygen atoms in total. The lowest BCUT2D eigenvalue weighted by atomic mass is 10.2. The number of H-pyrrole nitrogens is 1. The van der Waals surface area contributed by atoms with Crippen LogP contribution in [0.25, 0.3) is 6.08 Å². The molecule has 0 aromatic carbocycles. The van der Waals surface area contributed by atoms with Gasteiger partial charge in [0.05, 0.1) is 5.56 Å². The molecule has 0 saturated carbocycles. The Bertz CT molecular complexity index is 698. The van der Waals surface area contributed by atoms with Crippen molar-refractivity contribution in [2.75, 3.05) is 4.43 Å². The summed E-state index contributed by atoms with van der Waals surface area (Å²) in [5, 5.41) is 0. The van der Waals surface area contributed by atoms with Crippen molar-refractivity contribution in [3.8, 4) is 0 Å². The van der Waals surface area contributed by atoms with E-state index in [0.717, 1.165) is 0 Å². The van der Waals surface area contributed by atoms with Crippen molar-refractivity contribution >= 4 is 50.6 Å². The van der Waals surface area contributed by atoms with E-state index in [0.29, 0.717) is 16.4 Å². The van der Waals surface area contributed by atoms with E-state index in [2.05, 4.69) is 43.5 Å². The maximum atomic E-state index is 12.0. The Balaban J connectivity index is 2.32.